The molecular weight excluding hydrogens is 438 g/mol. The Kier molecular flexibility index (Phi) is 8.02. The van der Waals surface area contributed by atoms with E-state index in [1.54, 1.807) is 9.58 Å². The molecule has 0 fully saturated rings. The molecule has 186 valence electrons. The van der Waals surface area contributed by atoms with E-state index in [9.17, 15) is 9.90 Å². The highest BCUT2D eigenvalue weighted by Gasteiger charge is 2.28. The van der Waals surface area contributed by atoms with Gasteiger partial charge in [0.25, 0.3) is 0 Å². The first-order chi connectivity index (χ1) is 16.4. The molecule has 2 aliphatic rings. The van der Waals surface area contributed by atoms with Crippen molar-refractivity contribution in [2.75, 3.05) is 33.5 Å². The molecule has 0 spiro atoms. The first-order valence-corrected chi connectivity index (χ1v) is 11.9. The fraction of sp³-hybridized carbons (Fsp3) is 0.625. The standard InChI is InChI=1S/C24H35N5O5/c1-17-10-29(18(2)14-30)24(31)5-4-8-28-12-20(25-26-28)15-32-23(17)13-27(3)11-19-6-7-21-22(9-19)34-16-33-21/h6-7,9,12,17-18,23,30H,4-5,8,10-11,13-16H2,1-3H3/t17-,18-,23+/m1/s1. The highest BCUT2D eigenvalue weighted by atomic mass is 16.7. The van der Waals surface area contributed by atoms with E-state index in [4.69, 9.17) is 14.2 Å². The lowest BCUT2D eigenvalue weighted by Gasteiger charge is -2.35. The van der Waals surface area contributed by atoms with Gasteiger partial charge < -0.3 is 24.2 Å². The fourth-order valence-electron chi connectivity index (χ4n) is 4.42. The number of aliphatic hydroxyl groups is 1. The van der Waals surface area contributed by atoms with Crippen molar-refractivity contribution in [2.45, 2.75) is 58.5 Å². The number of rotatable bonds is 6. The lowest BCUT2D eigenvalue weighted by atomic mass is 10.0. The van der Waals surface area contributed by atoms with Gasteiger partial charge in [0.1, 0.15) is 5.69 Å². The number of aryl methyl sites for hydroxylation is 1. The largest absolute Gasteiger partial charge is 0.454 e. The van der Waals surface area contributed by atoms with E-state index in [2.05, 4.69) is 29.2 Å². The van der Waals surface area contributed by atoms with Crippen LogP contribution >= 0.6 is 0 Å². The highest BCUT2D eigenvalue weighted by Crippen LogP contribution is 2.32. The Bertz CT molecular complexity index is 967. The number of hydrogen-bond acceptors (Lipinski definition) is 8. The van der Waals surface area contributed by atoms with Gasteiger partial charge in [-0.15, -0.1) is 5.10 Å². The van der Waals surface area contributed by atoms with E-state index < -0.39 is 0 Å². The van der Waals surface area contributed by atoms with Crippen LogP contribution in [0.2, 0.25) is 0 Å². The zero-order valence-corrected chi connectivity index (χ0v) is 20.2. The van der Waals surface area contributed by atoms with Crippen molar-refractivity contribution in [1.29, 1.82) is 0 Å². The molecule has 0 saturated heterocycles. The van der Waals surface area contributed by atoms with Gasteiger partial charge in [-0.1, -0.05) is 18.2 Å². The summed E-state index contributed by atoms with van der Waals surface area (Å²) < 4.78 is 19.0. The second-order valence-corrected chi connectivity index (χ2v) is 9.37. The maximum atomic E-state index is 13.0. The summed E-state index contributed by atoms with van der Waals surface area (Å²) in [5.74, 6) is 1.63. The van der Waals surface area contributed by atoms with Crippen molar-refractivity contribution >= 4 is 5.91 Å². The van der Waals surface area contributed by atoms with E-state index >= 15 is 0 Å². The van der Waals surface area contributed by atoms with Gasteiger partial charge in [-0.05, 0) is 38.1 Å². The van der Waals surface area contributed by atoms with Gasteiger partial charge in [0.15, 0.2) is 11.5 Å². The summed E-state index contributed by atoms with van der Waals surface area (Å²) in [6.45, 7) is 7.05. The number of aliphatic hydroxyl groups excluding tert-OH is 1. The number of aromatic nitrogens is 3. The summed E-state index contributed by atoms with van der Waals surface area (Å²) in [5.41, 5.74) is 1.90. The predicted octanol–water partition coefficient (Wildman–Crippen LogP) is 1.66. The Morgan fingerprint density at radius 3 is 2.94 bits per heavy atom. The Morgan fingerprint density at radius 2 is 2.12 bits per heavy atom. The number of hydrogen-bond donors (Lipinski definition) is 1. The van der Waals surface area contributed by atoms with Gasteiger partial charge in [0, 0.05) is 38.5 Å². The van der Waals surface area contributed by atoms with Crippen molar-refractivity contribution in [3.63, 3.8) is 0 Å². The number of amides is 1. The predicted molar refractivity (Wildman–Crippen MR) is 124 cm³/mol. The molecule has 2 aliphatic heterocycles. The monoisotopic (exact) mass is 473 g/mol. The van der Waals surface area contributed by atoms with E-state index in [0.29, 0.717) is 39.1 Å². The van der Waals surface area contributed by atoms with Crippen LogP contribution in [0.1, 0.15) is 37.9 Å². The molecule has 0 unspecified atom stereocenters. The van der Waals surface area contributed by atoms with Gasteiger partial charge >= 0.3 is 0 Å². The average molecular weight is 474 g/mol. The molecule has 0 saturated carbocycles. The number of benzene rings is 1. The molecular formula is C24H35N5O5. The number of fused-ring (bicyclic) bond motifs is 3. The molecule has 4 rings (SSSR count). The van der Waals surface area contributed by atoms with Crippen LogP contribution in [0.5, 0.6) is 11.5 Å². The Labute approximate surface area is 200 Å². The Hall–Kier alpha value is -2.69. The van der Waals surface area contributed by atoms with Crippen LogP contribution in [-0.4, -0.2) is 81.5 Å². The minimum Gasteiger partial charge on any atom is -0.454 e. The fourth-order valence-corrected chi connectivity index (χ4v) is 4.42. The van der Waals surface area contributed by atoms with E-state index in [1.165, 1.54) is 0 Å². The van der Waals surface area contributed by atoms with Gasteiger partial charge in [-0.2, -0.15) is 0 Å². The van der Waals surface area contributed by atoms with Gasteiger partial charge in [0.2, 0.25) is 12.7 Å². The van der Waals surface area contributed by atoms with Crippen LogP contribution < -0.4 is 9.47 Å². The summed E-state index contributed by atoms with van der Waals surface area (Å²) >= 11 is 0. The topological polar surface area (TPSA) is 102 Å². The maximum Gasteiger partial charge on any atom is 0.231 e. The average Bonchev–Trinajstić information content (AvgIpc) is 3.48. The second-order valence-electron chi connectivity index (χ2n) is 9.37. The van der Waals surface area contributed by atoms with Crippen molar-refractivity contribution < 1.29 is 24.1 Å². The molecule has 1 aromatic carbocycles. The van der Waals surface area contributed by atoms with Crippen molar-refractivity contribution in [3.05, 3.63) is 35.7 Å². The number of carbonyl (C=O) groups is 1. The van der Waals surface area contributed by atoms with Crippen LogP contribution in [0.25, 0.3) is 0 Å². The van der Waals surface area contributed by atoms with Crippen LogP contribution in [-0.2, 0) is 29.2 Å². The normalized spacial score (nSPS) is 22.3. The SMILES string of the molecule is C[C@@H]1CN([C@H](C)CO)C(=O)CCCn2cc(nn2)CO[C@H]1CN(C)Cc1ccc2c(c1)OCO2. The Morgan fingerprint density at radius 1 is 1.29 bits per heavy atom. The first kappa shape index (κ1) is 24.4. The van der Waals surface area contributed by atoms with Crippen LogP contribution in [0.4, 0.5) is 0 Å². The number of carbonyl (C=O) groups excluding carboxylic acids is 1. The lowest BCUT2D eigenvalue weighted by Crippen LogP contribution is -2.47. The zero-order chi connectivity index (χ0) is 24.1. The minimum absolute atomic E-state index is 0.0421. The molecule has 10 heteroatoms. The second kappa shape index (κ2) is 11.2. The molecule has 0 radical (unpaired) electrons. The Balaban J connectivity index is 1.48. The summed E-state index contributed by atoms with van der Waals surface area (Å²) in [6, 6.07) is 5.74. The lowest BCUT2D eigenvalue weighted by molar-refractivity contribution is -0.136. The molecule has 2 bridgehead atoms. The number of nitrogens with zero attached hydrogens (tertiary/aromatic N) is 5. The molecule has 1 N–H and O–H groups in total. The minimum atomic E-state index is -0.246. The van der Waals surface area contributed by atoms with Gasteiger partial charge in [0.05, 0.1) is 31.6 Å². The van der Waals surface area contributed by atoms with E-state index in [-0.39, 0.29) is 37.4 Å². The third-order valence-corrected chi connectivity index (χ3v) is 6.43. The zero-order valence-electron chi connectivity index (χ0n) is 20.2. The first-order valence-electron chi connectivity index (χ1n) is 11.9. The highest BCUT2D eigenvalue weighted by molar-refractivity contribution is 5.76. The number of ether oxygens (including phenoxy) is 3. The van der Waals surface area contributed by atoms with Crippen molar-refractivity contribution in [2.24, 2.45) is 5.92 Å². The third kappa shape index (κ3) is 6.05. The van der Waals surface area contributed by atoms with Gasteiger partial charge in [-0.3, -0.25) is 14.4 Å². The van der Waals surface area contributed by atoms with Gasteiger partial charge in [-0.25, -0.2) is 0 Å². The molecule has 0 aliphatic carbocycles. The van der Waals surface area contributed by atoms with Crippen LogP contribution in [0.15, 0.2) is 24.4 Å². The molecule has 1 amide bonds. The summed E-state index contributed by atoms with van der Waals surface area (Å²) in [5, 5.41) is 18.1. The van der Waals surface area contributed by atoms with Crippen LogP contribution in [0, 0.1) is 5.92 Å². The van der Waals surface area contributed by atoms with Crippen molar-refractivity contribution in [3.8, 4) is 11.5 Å². The van der Waals surface area contributed by atoms with E-state index in [1.807, 2.05) is 31.3 Å². The smallest absolute Gasteiger partial charge is 0.231 e. The maximum absolute atomic E-state index is 13.0. The summed E-state index contributed by atoms with van der Waals surface area (Å²) in [4.78, 5) is 17.0. The summed E-state index contributed by atoms with van der Waals surface area (Å²) in [6.07, 6.45) is 2.81. The molecule has 3 atom stereocenters. The third-order valence-electron chi connectivity index (χ3n) is 6.43. The number of likely N-dealkylation sites (N-methyl/N-ethyl adjacent to an activating group) is 1. The van der Waals surface area contributed by atoms with E-state index in [0.717, 1.165) is 29.3 Å². The molecule has 34 heavy (non-hydrogen) atoms. The summed E-state index contributed by atoms with van der Waals surface area (Å²) in [7, 11) is 2.05. The van der Waals surface area contributed by atoms with Crippen LogP contribution in [0.3, 0.4) is 0 Å². The van der Waals surface area contributed by atoms with Crippen molar-refractivity contribution in [1.82, 2.24) is 24.8 Å². The quantitative estimate of drug-likeness (QED) is 0.676. The molecule has 1 aromatic heterocycles. The molecule has 3 heterocycles. The molecule has 2 aromatic rings. The molecule has 10 nitrogen and oxygen atoms in total.